The molecule has 2 aliphatic rings. The molecule has 0 saturated carbocycles. The second-order valence-electron chi connectivity index (χ2n) is 8.33. The largest absolute Gasteiger partial charge is 0.378 e. The van der Waals surface area contributed by atoms with Crippen LogP contribution in [-0.2, 0) is 19.6 Å². The Balaban J connectivity index is 1.53. The molecule has 1 N–H and O–H groups in total. The van der Waals surface area contributed by atoms with Gasteiger partial charge in [-0.3, -0.25) is 13.9 Å². The van der Waals surface area contributed by atoms with Gasteiger partial charge in [0.2, 0.25) is 15.9 Å². The molecular formula is C22H34N4O5S. The highest BCUT2D eigenvalue weighted by Gasteiger charge is 2.23. The summed E-state index contributed by atoms with van der Waals surface area (Å²) in [7, 11) is -3.66. The summed E-state index contributed by atoms with van der Waals surface area (Å²) in [6.45, 7) is 5.48. The minimum Gasteiger partial charge on any atom is -0.378 e. The van der Waals surface area contributed by atoms with Gasteiger partial charge in [-0.2, -0.15) is 0 Å². The van der Waals surface area contributed by atoms with Crippen molar-refractivity contribution < 1.29 is 22.7 Å². The van der Waals surface area contributed by atoms with Gasteiger partial charge in [-0.05, 0) is 63.2 Å². The highest BCUT2D eigenvalue weighted by atomic mass is 32.2. The zero-order valence-corrected chi connectivity index (χ0v) is 19.6. The summed E-state index contributed by atoms with van der Waals surface area (Å²) in [5.41, 5.74) is 0.834. The number of ether oxygens (including phenoxy) is 1. The first-order valence-electron chi connectivity index (χ1n) is 11.3. The van der Waals surface area contributed by atoms with Gasteiger partial charge in [-0.15, -0.1) is 0 Å². The van der Waals surface area contributed by atoms with Crippen molar-refractivity contribution in [2.45, 2.75) is 25.7 Å². The molecule has 10 heteroatoms. The number of nitrogens with one attached hydrogen (secondary N) is 1. The quantitative estimate of drug-likeness (QED) is 0.544. The third-order valence-corrected chi connectivity index (χ3v) is 6.95. The maximum absolute atomic E-state index is 12.6. The second kappa shape index (κ2) is 11.6. The standard InChI is InChI=1S/C22H34N4O5S/c1-32(29,30)26(18-21(27)23-10-5-13-24-11-3-2-4-12-24)20-8-6-19(7-9-20)22(28)25-14-16-31-17-15-25/h6-9H,2-5,10-18H2,1H3,(H,23,27). The number of amides is 2. The fourth-order valence-corrected chi connectivity index (χ4v) is 4.88. The smallest absolute Gasteiger partial charge is 0.254 e. The molecule has 1 aromatic rings. The van der Waals surface area contributed by atoms with Crippen LogP contribution in [0.2, 0.25) is 0 Å². The van der Waals surface area contributed by atoms with Crippen LogP contribution in [0, 0.1) is 0 Å². The fourth-order valence-electron chi connectivity index (χ4n) is 4.02. The molecule has 0 spiro atoms. The van der Waals surface area contributed by atoms with Crippen LogP contribution in [0.4, 0.5) is 5.69 Å². The van der Waals surface area contributed by atoms with E-state index in [1.807, 2.05) is 0 Å². The first-order valence-corrected chi connectivity index (χ1v) is 13.1. The average Bonchev–Trinajstić information content (AvgIpc) is 2.80. The summed E-state index contributed by atoms with van der Waals surface area (Å²) in [6, 6.07) is 6.33. The SMILES string of the molecule is CS(=O)(=O)N(CC(=O)NCCCN1CCCCC1)c1ccc(C(=O)N2CCOCC2)cc1. The molecule has 0 atom stereocenters. The molecule has 32 heavy (non-hydrogen) atoms. The van der Waals surface area contributed by atoms with Crippen molar-refractivity contribution in [1.82, 2.24) is 15.1 Å². The molecule has 2 saturated heterocycles. The molecule has 3 rings (SSSR count). The van der Waals surface area contributed by atoms with Gasteiger partial charge in [0, 0.05) is 25.2 Å². The maximum Gasteiger partial charge on any atom is 0.254 e. The third-order valence-electron chi connectivity index (χ3n) is 5.81. The molecule has 178 valence electrons. The highest BCUT2D eigenvalue weighted by Crippen LogP contribution is 2.19. The summed E-state index contributed by atoms with van der Waals surface area (Å²) in [5.74, 6) is -0.459. The van der Waals surface area contributed by atoms with Crippen LogP contribution in [0.5, 0.6) is 0 Å². The Morgan fingerprint density at radius 2 is 1.69 bits per heavy atom. The lowest BCUT2D eigenvalue weighted by molar-refractivity contribution is -0.119. The van der Waals surface area contributed by atoms with Gasteiger partial charge < -0.3 is 19.9 Å². The van der Waals surface area contributed by atoms with Crippen LogP contribution in [0.25, 0.3) is 0 Å². The number of morpholine rings is 1. The van der Waals surface area contributed by atoms with Gasteiger partial charge in [-0.25, -0.2) is 8.42 Å². The van der Waals surface area contributed by atoms with Gasteiger partial charge >= 0.3 is 0 Å². The number of anilines is 1. The van der Waals surface area contributed by atoms with E-state index in [9.17, 15) is 18.0 Å². The van der Waals surface area contributed by atoms with E-state index in [4.69, 9.17) is 4.74 Å². The topological polar surface area (TPSA) is 99.3 Å². The number of hydrogen-bond acceptors (Lipinski definition) is 6. The maximum atomic E-state index is 12.6. The van der Waals surface area contributed by atoms with Gasteiger partial charge in [0.15, 0.2) is 0 Å². The molecular weight excluding hydrogens is 432 g/mol. The summed E-state index contributed by atoms with van der Waals surface area (Å²) in [6.07, 6.45) is 5.66. The van der Waals surface area contributed by atoms with E-state index in [2.05, 4.69) is 10.2 Å². The van der Waals surface area contributed by atoms with Crippen LogP contribution < -0.4 is 9.62 Å². The van der Waals surface area contributed by atoms with Crippen molar-refractivity contribution >= 4 is 27.5 Å². The Labute approximate surface area is 190 Å². The van der Waals surface area contributed by atoms with E-state index in [0.717, 1.165) is 36.6 Å². The van der Waals surface area contributed by atoms with Crippen molar-refractivity contribution in [3.63, 3.8) is 0 Å². The number of rotatable bonds is 9. The molecule has 2 amide bonds. The molecule has 0 radical (unpaired) electrons. The monoisotopic (exact) mass is 466 g/mol. The van der Waals surface area contributed by atoms with Crippen LogP contribution in [0.15, 0.2) is 24.3 Å². The van der Waals surface area contributed by atoms with E-state index in [-0.39, 0.29) is 18.4 Å². The number of nitrogens with zero attached hydrogens (tertiary/aromatic N) is 3. The van der Waals surface area contributed by atoms with E-state index in [0.29, 0.717) is 44.1 Å². The average molecular weight is 467 g/mol. The lowest BCUT2D eigenvalue weighted by Gasteiger charge is -2.27. The Bertz CT molecular complexity index is 863. The number of sulfonamides is 1. The van der Waals surface area contributed by atoms with E-state index >= 15 is 0 Å². The van der Waals surface area contributed by atoms with Gasteiger partial charge in [0.05, 0.1) is 25.2 Å². The molecule has 0 aromatic heterocycles. The second-order valence-corrected chi connectivity index (χ2v) is 10.2. The van der Waals surface area contributed by atoms with Crippen molar-refractivity contribution in [2.24, 2.45) is 0 Å². The Morgan fingerprint density at radius 3 is 2.31 bits per heavy atom. The molecule has 2 aliphatic heterocycles. The fraction of sp³-hybridized carbons (Fsp3) is 0.636. The normalized spacial score (nSPS) is 17.7. The Hall–Kier alpha value is -2.17. The number of likely N-dealkylation sites (tertiary alicyclic amines) is 1. The molecule has 0 unspecified atom stereocenters. The summed E-state index contributed by atoms with van der Waals surface area (Å²) in [4.78, 5) is 29.1. The minimum atomic E-state index is -3.66. The van der Waals surface area contributed by atoms with E-state index < -0.39 is 10.0 Å². The summed E-state index contributed by atoms with van der Waals surface area (Å²) in [5, 5.41) is 2.82. The molecule has 2 fully saturated rings. The van der Waals surface area contributed by atoms with Gasteiger partial charge in [0.25, 0.3) is 5.91 Å². The number of hydrogen-bond donors (Lipinski definition) is 1. The number of benzene rings is 1. The van der Waals surface area contributed by atoms with E-state index in [1.54, 1.807) is 29.2 Å². The van der Waals surface area contributed by atoms with Crippen LogP contribution in [0.3, 0.4) is 0 Å². The van der Waals surface area contributed by atoms with Crippen LogP contribution in [0.1, 0.15) is 36.0 Å². The molecule has 1 aromatic carbocycles. The first-order chi connectivity index (χ1) is 15.3. The summed E-state index contributed by atoms with van der Waals surface area (Å²) < 4.78 is 31.0. The zero-order valence-electron chi connectivity index (χ0n) is 18.8. The predicted octanol–water partition coefficient (Wildman–Crippen LogP) is 0.917. The van der Waals surface area contributed by atoms with Crippen molar-refractivity contribution in [1.29, 1.82) is 0 Å². The Morgan fingerprint density at radius 1 is 1.03 bits per heavy atom. The predicted molar refractivity (Wildman–Crippen MR) is 123 cm³/mol. The lowest BCUT2D eigenvalue weighted by atomic mass is 10.1. The zero-order chi connectivity index (χ0) is 23.0. The number of carbonyl (C=O) groups excluding carboxylic acids is 2. The first kappa shape index (κ1) is 24.5. The van der Waals surface area contributed by atoms with E-state index in [1.165, 1.54) is 19.3 Å². The van der Waals surface area contributed by atoms with Crippen molar-refractivity contribution in [3.05, 3.63) is 29.8 Å². The Kier molecular flexibility index (Phi) is 8.89. The minimum absolute atomic E-state index is 0.114. The summed E-state index contributed by atoms with van der Waals surface area (Å²) >= 11 is 0. The number of carbonyl (C=O) groups is 2. The van der Waals surface area contributed by atoms with Crippen molar-refractivity contribution in [3.8, 4) is 0 Å². The van der Waals surface area contributed by atoms with Crippen LogP contribution in [-0.4, -0.2) is 95.3 Å². The van der Waals surface area contributed by atoms with Gasteiger partial charge in [-0.1, -0.05) is 6.42 Å². The van der Waals surface area contributed by atoms with Crippen LogP contribution >= 0.6 is 0 Å². The molecule has 9 nitrogen and oxygen atoms in total. The highest BCUT2D eigenvalue weighted by molar-refractivity contribution is 7.92. The number of piperidine rings is 1. The third kappa shape index (κ3) is 7.18. The molecule has 0 aliphatic carbocycles. The van der Waals surface area contributed by atoms with Crippen molar-refractivity contribution in [2.75, 3.05) is 69.6 Å². The molecule has 2 heterocycles. The molecule has 0 bridgehead atoms. The van der Waals surface area contributed by atoms with Gasteiger partial charge in [0.1, 0.15) is 6.54 Å². The lowest BCUT2D eigenvalue weighted by Crippen LogP contribution is -2.41.